The van der Waals surface area contributed by atoms with Gasteiger partial charge in [0.2, 0.25) is 0 Å². The smallest absolute Gasteiger partial charge is 0.336 e. The van der Waals surface area contributed by atoms with E-state index in [0.29, 0.717) is 22.7 Å². The number of H-pyrrole nitrogens is 2. The summed E-state index contributed by atoms with van der Waals surface area (Å²) in [6.07, 6.45) is 1.72. The first-order chi connectivity index (χ1) is 13.5. The first-order valence-corrected chi connectivity index (χ1v) is 9.26. The second kappa shape index (κ2) is 7.05. The van der Waals surface area contributed by atoms with Crippen LogP contribution in [0.1, 0.15) is 30.9 Å². The molecule has 1 aliphatic heterocycles. The normalized spacial score (nSPS) is 15.9. The maximum absolute atomic E-state index is 12.8. The van der Waals surface area contributed by atoms with E-state index in [1.54, 1.807) is 20.0 Å². The van der Waals surface area contributed by atoms with Crippen molar-refractivity contribution in [2.75, 3.05) is 11.9 Å². The number of aromatic nitrogens is 3. The Morgan fingerprint density at radius 1 is 1.29 bits per heavy atom. The molecule has 0 saturated carbocycles. The van der Waals surface area contributed by atoms with Gasteiger partial charge in [0.1, 0.15) is 5.82 Å². The van der Waals surface area contributed by atoms with Crippen molar-refractivity contribution in [1.29, 1.82) is 0 Å². The Hall–Kier alpha value is -3.26. The van der Waals surface area contributed by atoms with E-state index in [1.165, 1.54) is 0 Å². The highest BCUT2D eigenvalue weighted by Crippen LogP contribution is 2.40. The number of ether oxygens (including phenoxy) is 1. The number of carbonyl (C=O) groups is 1. The Morgan fingerprint density at radius 3 is 2.89 bits per heavy atom. The molecule has 8 heteroatoms. The third kappa shape index (κ3) is 3.01. The number of aromatic amines is 2. The number of nitrogens with one attached hydrogen (secondary N) is 3. The van der Waals surface area contributed by atoms with Crippen LogP contribution in [0.2, 0.25) is 0 Å². The van der Waals surface area contributed by atoms with Crippen molar-refractivity contribution >= 4 is 34.9 Å². The number of benzene rings is 1. The van der Waals surface area contributed by atoms with Crippen molar-refractivity contribution in [2.45, 2.75) is 19.8 Å². The molecule has 1 aromatic carbocycles. The predicted molar refractivity (Wildman–Crippen MR) is 109 cm³/mol. The first kappa shape index (κ1) is 18.1. The summed E-state index contributed by atoms with van der Waals surface area (Å²) in [7, 11) is 0. The molecule has 28 heavy (non-hydrogen) atoms. The molecule has 3 N–H and O–H groups in total. The standard InChI is InChI=1S/C20H18N4O3S/c1-3-27-19(26)14-10(2)22-17-16(18(25)24-20(28)23-17)15(14)12-6-7-13-11(9-12)5-4-8-21-13/h4-9,15H,3H2,1-2H3,(H3,22,23,24,25,28)/t15-/m0/s1. The maximum Gasteiger partial charge on any atom is 0.336 e. The Morgan fingerprint density at radius 2 is 2.11 bits per heavy atom. The van der Waals surface area contributed by atoms with Gasteiger partial charge in [-0.2, -0.15) is 0 Å². The second-order valence-corrected chi connectivity index (χ2v) is 6.88. The van der Waals surface area contributed by atoms with Crippen molar-refractivity contribution in [3.05, 3.63) is 74.1 Å². The van der Waals surface area contributed by atoms with Gasteiger partial charge < -0.3 is 15.0 Å². The van der Waals surface area contributed by atoms with E-state index in [1.807, 2.05) is 30.3 Å². The van der Waals surface area contributed by atoms with Gasteiger partial charge in [-0.3, -0.25) is 14.8 Å². The van der Waals surface area contributed by atoms with Gasteiger partial charge in [-0.1, -0.05) is 12.1 Å². The highest BCUT2D eigenvalue weighted by Gasteiger charge is 2.35. The molecular formula is C20H18N4O3S. The summed E-state index contributed by atoms with van der Waals surface area (Å²) in [5.41, 5.74) is 2.68. The number of rotatable bonds is 3. The highest BCUT2D eigenvalue weighted by molar-refractivity contribution is 7.71. The van der Waals surface area contributed by atoms with Crippen LogP contribution in [0.5, 0.6) is 0 Å². The topological polar surface area (TPSA) is 99.9 Å². The van der Waals surface area contributed by atoms with Gasteiger partial charge in [-0.05, 0) is 49.8 Å². The van der Waals surface area contributed by atoms with Crippen LogP contribution in [0.3, 0.4) is 0 Å². The minimum Gasteiger partial charge on any atom is -0.463 e. The SMILES string of the molecule is CCOC(=O)C1=C(C)Nc2[nH]c(=S)[nH]c(=O)c2[C@H]1c1ccc2ncccc2c1. The van der Waals surface area contributed by atoms with E-state index in [9.17, 15) is 9.59 Å². The molecule has 3 heterocycles. The van der Waals surface area contributed by atoms with Crippen molar-refractivity contribution in [1.82, 2.24) is 15.0 Å². The van der Waals surface area contributed by atoms with E-state index in [2.05, 4.69) is 20.3 Å². The van der Waals surface area contributed by atoms with Gasteiger partial charge in [0, 0.05) is 17.3 Å². The van der Waals surface area contributed by atoms with Crippen molar-refractivity contribution in [3.63, 3.8) is 0 Å². The molecule has 1 aliphatic rings. The van der Waals surface area contributed by atoms with Crippen LogP contribution in [-0.2, 0) is 9.53 Å². The molecule has 0 unspecified atom stereocenters. The van der Waals surface area contributed by atoms with E-state index in [0.717, 1.165) is 16.5 Å². The fourth-order valence-corrected chi connectivity index (χ4v) is 3.77. The lowest BCUT2D eigenvalue weighted by Gasteiger charge is -2.29. The zero-order chi connectivity index (χ0) is 19.8. The molecule has 142 valence electrons. The fourth-order valence-electron chi connectivity index (χ4n) is 3.57. The zero-order valence-corrected chi connectivity index (χ0v) is 16.1. The van der Waals surface area contributed by atoms with Crippen molar-refractivity contribution in [2.24, 2.45) is 0 Å². The van der Waals surface area contributed by atoms with Gasteiger partial charge in [-0.15, -0.1) is 0 Å². The maximum atomic E-state index is 12.8. The molecule has 0 bridgehead atoms. The summed E-state index contributed by atoms with van der Waals surface area (Å²) in [4.78, 5) is 35.5. The predicted octanol–water partition coefficient (Wildman–Crippen LogP) is 3.38. The van der Waals surface area contributed by atoms with Gasteiger partial charge in [0.15, 0.2) is 4.77 Å². The van der Waals surface area contributed by atoms with Crippen molar-refractivity contribution < 1.29 is 9.53 Å². The Bertz CT molecular complexity index is 1240. The fraction of sp³-hybridized carbons (Fsp3) is 0.200. The molecule has 2 aromatic heterocycles. The van der Waals surface area contributed by atoms with E-state index in [-0.39, 0.29) is 16.9 Å². The Balaban J connectivity index is 2.00. The highest BCUT2D eigenvalue weighted by atomic mass is 32.1. The summed E-state index contributed by atoms with van der Waals surface area (Å²) in [6, 6.07) is 9.49. The van der Waals surface area contributed by atoms with Crippen LogP contribution in [-0.4, -0.2) is 27.5 Å². The van der Waals surface area contributed by atoms with E-state index < -0.39 is 11.9 Å². The van der Waals surface area contributed by atoms with Crippen LogP contribution in [0, 0.1) is 4.77 Å². The summed E-state index contributed by atoms with van der Waals surface area (Å²) in [6.45, 7) is 3.77. The molecule has 7 nitrogen and oxygen atoms in total. The number of hydrogen-bond donors (Lipinski definition) is 3. The summed E-state index contributed by atoms with van der Waals surface area (Å²) in [5, 5.41) is 4.01. The quantitative estimate of drug-likeness (QED) is 0.465. The number of fused-ring (bicyclic) bond motifs is 2. The van der Waals surface area contributed by atoms with Crippen LogP contribution < -0.4 is 10.9 Å². The van der Waals surface area contributed by atoms with Crippen LogP contribution in [0.25, 0.3) is 10.9 Å². The lowest BCUT2D eigenvalue weighted by Crippen LogP contribution is -2.31. The van der Waals surface area contributed by atoms with Gasteiger partial charge in [0.25, 0.3) is 5.56 Å². The van der Waals surface area contributed by atoms with E-state index in [4.69, 9.17) is 17.0 Å². The van der Waals surface area contributed by atoms with Gasteiger partial charge in [-0.25, -0.2) is 4.79 Å². The molecule has 1 atom stereocenters. The van der Waals surface area contributed by atoms with Gasteiger partial charge in [0.05, 0.1) is 29.2 Å². The average Bonchev–Trinajstić information content (AvgIpc) is 2.66. The number of allylic oxidation sites excluding steroid dienone is 1. The monoisotopic (exact) mass is 394 g/mol. The molecule has 0 aliphatic carbocycles. The third-order valence-corrected chi connectivity index (χ3v) is 4.93. The third-order valence-electron chi connectivity index (χ3n) is 4.73. The number of hydrogen-bond acceptors (Lipinski definition) is 6. The molecule has 4 rings (SSSR count). The number of nitrogens with zero attached hydrogens (tertiary/aromatic N) is 1. The number of esters is 1. The molecule has 0 saturated heterocycles. The van der Waals surface area contributed by atoms with E-state index >= 15 is 0 Å². The minimum absolute atomic E-state index is 0.213. The first-order valence-electron chi connectivity index (χ1n) is 8.85. The molecule has 0 amide bonds. The molecule has 0 fully saturated rings. The number of pyridine rings is 1. The second-order valence-electron chi connectivity index (χ2n) is 6.47. The van der Waals surface area contributed by atoms with Crippen LogP contribution >= 0.6 is 12.2 Å². The number of carbonyl (C=O) groups excluding carboxylic acids is 1. The molecule has 0 spiro atoms. The number of anilines is 1. The Kier molecular flexibility index (Phi) is 4.56. The zero-order valence-electron chi connectivity index (χ0n) is 15.3. The molecule has 3 aromatic rings. The largest absolute Gasteiger partial charge is 0.463 e. The summed E-state index contributed by atoms with van der Waals surface area (Å²) >= 11 is 5.10. The Labute approximate surface area is 165 Å². The lowest BCUT2D eigenvalue weighted by atomic mass is 9.82. The lowest BCUT2D eigenvalue weighted by molar-refractivity contribution is -0.138. The summed E-state index contributed by atoms with van der Waals surface area (Å²) < 4.78 is 5.49. The average molecular weight is 394 g/mol. The van der Waals surface area contributed by atoms with Crippen molar-refractivity contribution in [3.8, 4) is 0 Å². The van der Waals surface area contributed by atoms with Gasteiger partial charge >= 0.3 is 5.97 Å². The molecule has 0 radical (unpaired) electrons. The minimum atomic E-state index is -0.601. The van der Waals surface area contributed by atoms with Crippen LogP contribution in [0.4, 0.5) is 5.82 Å². The van der Waals surface area contributed by atoms with Crippen LogP contribution in [0.15, 0.2) is 52.6 Å². The summed E-state index contributed by atoms with van der Waals surface area (Å²) in [5.74, 6) is -0.581. The molecular weight excluding hydrogens is 376 g/mol.